The molecule has 27 heavy (non-hydrogen) atoms. The second kappa shape index (κ2) is 7.54. The quantitative estimate of drug-likeness (QED) is 0.417. The largest absolute Gasteiger partial charge is 0.463 e. The van der Waals surface area contributed by atoms with Gasteiger partial charge in [-0.25, -0.2) is 4.98 Å². The van der Waals surface area contributed by atoms with Crippen LogP contribution in [0.15, 0.2) is 82.0 Å². The van der Waals surface area contributed by atoms with Gasteiger partial charge in [-0.2, -0.15) is 0 Å². The van der Waals surface area contributed by atoms with Gasteiger partial charge in [-0.3, -0.25) is 0 Å². The van der Waals surface area contributed by atoms with Crippen molar-refractivity contribution in [2.24, 2.45) is 0 Å². The van der Waals surface area contributed by atoms with E-state index in [-0.39, 0.29) is 0 Å². The predicted molar refractivity (Wildman–Crippen MR) is 109 cm³/mol. The summed E-state index contributed by atoms with van der Waals surface area (Å²) in [6.45, 7) is 6.34. The summed E-state index contributed by atoms with van der Waals surface area (Å²) in [5, 5.41) is 0. The van der Waals surface area contributed by atoms with E-state index in [0.717, 1.165) is 47.1 Å². The molecule has 0 N–H and O–H groups in total. The Bertz CT molecular complexity index is 931. The Hall–Kier alpha value is -3.27. The van der Waals surface area contributed by atoms with Crippen molar-refractivity contribution in [2.75, 3.05) is 18.0 Å². The molecule has 0 aliphatic carbocycles. The van der Waals surface area contributed by atoms with E-state index < -0.39 is 0 Å². The van der Waals surface area contributed by atoms with Crippen molar-refractivity contribution in [3.8, 4) is 34.0 Å². The summed E-state index contributed by atoms with van der Waals surface area (Å²) >= 11 is 0. The number of anilines is 1. The molecule has 0 aliphatic heterocycles. The summed E-state index contributed by atoms with van der Waals surface area (Å²) in [7, 11) is 0. The van der Waals surface area contributed by atoms with Gasteiger partial charge < -0.3 is 13.7 Å². The lowest BCUT2D eigenvalue weighted by Crippen LogP contribution is -2.21. The van der Waals surface area contributed by atoms with Gasteiger partial charge in [-0.15, -0.1) is 0 Å². The van der Waals surface area contributed by atoms with Crippen LogP contribution >= 0.6 is 0 Å². The molecule has 0 unspecified atom stereocenters. The molecule has 4 heteroatoms. The molecule has 4 nitrogen and oxygen atoms in total. The third-order valence-corrected chi connectivity index (χ3v) is 4.70. The average molecular weight is 358 g/mol. The van der Waals surface area contributed by atoms with E-state index >= 15 is 0 Å². The molecule has 0 spiro atoms. The first-order chi connectivity index (χ1) is 13.3. The fraction of sp³-hybridized carbons (Fsp3) is 0.174. The van der Waals surface area contributed by atoms with Crippen LogP contribution in [0.3, 0.4) is 0 Å². The number of hydrogen-bond acceptors (Lipinski definition) is 4. The van der Waals surface area contributed by atoms with Crippen LogP contribution in [0.2, 0.25) is 0 Å². The molecular weight excluding hydrogens is 336 g/mol. The molecule has 0 radical (unpaired) electrons. The molecule has 0 atom stereocenters. The van der Waals surface area contributed by atoms with Gasteiger partial charge in [-0.1, -0.05) is 12.1 Å². The van der Waals surface area contributed by atoms with Crippen molar-refractivity contribution >= 4 is 5.69 Å². The first kappa shape index (κ1) is 17.2. The number of hydrogen-bond donors (Lipinski definition) is 0. The van der Waals surface area contributed by atoms with Gasteiger partial charge in [0.15, 0.2) is 11.5 Å². The highest BCUT2D eigenvalue weighted by Crippen LogP contribution is 2.31. The number of benzene rings is 1. The van der Waals surface area contributed by atoms with E-state index in [1.54, 1.807) is 12.5 Å². The van der Waals surface area contributed by atoms with Crippen LogP contribution in [0, 0.1) is 0 Å². The normalized spacial score (nSPS) is 10.9. The van der Waals surface area contributed by atoms with Crippen LogP contribution < -0.4 is 4.90 Å². The van der Waals surface area contributed by atoms with E-state index in [4.69, 9.17) is 13.8 Å². The van der Waals surface area contributed by atoms with Crippen molar-refractivity contribution in [3.63, 3.8) is 0 Å². The molecule has 0 aliphatic rings. The van der Waals surface area contributed by atoms with Crippen molar-refractivity contribution < 1.29 is 8.83 Å². The maximum absolute atomic E-state index is 5.56. The standard InChI is InChI=1S/C23H22N2O2/c1-3-25(4-2)19-11-9-17(10-12-19)18-15-20(22-7-5-13-26-22)24-21(16-18)23-8-6-14-27-23/h5-16H,3-4H2,1-2H3. The highest BCUT2D eigenvalue weighted by molar-refractivity contribution is 5.75. The molecule has 0 saturated heterocycles. The molecule has 136 valence electrons. The SMILES string of the molecule is CCN(CC)c1ccc(-c2cc(-c3ccco3)nc(-c3ccco3)c2)cc1. The molecule has 1 aromatic carbocycles. The lowest BCUT2D eigenvalue weighted by atomic mass is 10.0. The van der Waals surface area contributed by atoms with Gasteiger partial charge in [0.05, 0.1) is 12.5 Å². The summed E-state index contributed by atoms with van der Waals surface area (Å²) in [5.41, 5.74) is 5.02. The summed E-state index contributed by atoms with van der Waals surface area (Å²) < 4.78 is 11.1. The summed E-state index contributed by atoms with van der Waals surface area (Å²) in [6, 6.07) is 20.3. The monoisotopic (exact) mass is 358 g/mol. The van der Waals surface area contributed by atoms with Crippen LogP contribution in [0.1, 0.15) is 13.8 Å². The third kappa shape index (κ3) is 3.51. The first-order valence-electron chi connectivity index (χ1n) is 9.23. The molecule has 0 fully saturated rings. The highest BCUT2D eigenvalue weighted by Gasteiger charge is 2.12. The Morgan fingerprint density at radius 2 is 1.30 bits per heavy atom. The zero-order valence-corrected chi connectivity index (χ0v) is 15.6. The molecule has 3 aromatic heterocycles. The van der Waals surface area contributed by atoms with Crippen LogP contribution in [0.4, 0.5) is 5.69 Å². The number of nitrogens with zero attached hydrogens (tertiary/aromatic N) is 2. The van der Waals surface area contributed by atoms with Gasteiger partial charge in [0.1, 0.15) is 11.4 Å². The molecular formula is C23H22N2O2. The third-order valence-electron chi connectivity index (χ3n) is 4.70. The second-order valence-corrected chi connectivity index (χ2v) is 6.30. The maximum Gasteiger partial charge on any atom is 0.152 e. The molecule has 3 heterocycles. The molecule has 0 saturated carbocycles. The van der Waals surface area contributed by atoms with Crippen molar-refractivity contribution in [1.29, 1.82) is 0 Å². The summed E-state index contributed by atoms with van der Waals surface area (Å²) in [5.74, 6) is 1.48. The van der Waals surface area contributed by atoms with Gasteiger partial charge in [0.25, 0.3) is 0 Å². The highest BCUT2D eigenvalue weighted by atomic mass is 16.3. The number of rotatable bonds is 6. The van der Waals surface area contributed by atoms with Gasteiger partial charge >= 0.3 is 0 Å². The molecule has 4 rings (SSSR count). The lowest BCUT2D eigenvalue weighted by Gasteiger charge is -2.21. The number of furan rings is 2. The topological polar surface area (TPSA) is 42.4 Å². The smallest absolute Gasteiger partial charge is 0.152 e. The Morgan fingerprint density at radius 1 is 0.741 bits per heavy atom. The minimum Gasteiger partial charge on any atom is -0.463 e. The zero-order chi connectivity index (χ0) is 18.6. The van der Waals surface area contributed by atoms with Gasteiger partial charge in [0.2, 0.25) is 0 Å². The second-order valence-electron chi connectivity index (χ2n) is 6.30. The van der Waals surface area contributed by atoms with E-state index in [0.29, 0.717) is 0 Å². The van der Waals surface area contributed by atoms with Gasteiger partial charge in [-0.05, 0) is 73.5 Å². The Labute approximate surface area is 159 Å². The molecule has 0 amide bonds. The van der Waals surface area contributed by atoms with Crippen LogP contribution in [0.5, 0.6) is 0 Å². The van der Waals surface area contributed by atoms with Crippen molar-refractivity contribution in [3.05, 3.63) is 73.2 Å². The maximum atomic E-state index is 5.56. The average Bonchev–Trinajstić information content (AvgIpc) is 3.43. The van der Waals surface area contributed by atoms with E-state index in [1.165, 1.54) is 5.69 Å². The summed E-state index contributed by atoms with van der Waals surface area (Å²) in [6.07, 6.45) is 3.32. The summed E-state index contributed by atoms with van der Waals surface area (Å²) in [4.78, 5) is 7.05. The first-order valence-corrected chi connectivity index (χ1v) is 9.23. The van der Waals surface area contributed by atoms with E-state index in [2.05, 4.69) is 55.1 Å². The fourth-order valence-electron chi connectivity index (χ4n) is 3.25. The van der Waals surface area contributed by atoms with Crippen LogP contribution in [-0.4, -0.2) is 18.1 Å². The van der Waals surface area contributed by atoms with Gasteiger partial charge in [0, 0.05) is 18.8 Å². The minimum absolute atomic E-state index is 0.740. The lowest BCUT2D eigenvalue weighted by molar-refractivity contribution is 0.576. The fourth-order valence-corrected chi connectivity index (χ4v) is 3.25. The van der Waals surface area contributed by atoms with Crippen molar-refractivity contribution in [2.45, 2.75) is 13.8 Å². The van der Waals surface area contributed by atoms with E-state index in [1.807, 2.05) is 24.3 Å². The van der Waals surface area contributed by atoms with Crippen molar-refractivity contribution in [1.82, 2.24) is 4.98 Å². The number of pyridine rings is 1. The zero-order valence-electron chi connectivity index (χ0n) is 15.6. The minimum atomic E-state index is 0.740. The Balaban J connectivity index is 1.78. The van der Waals surface area contributed by atoms with Crippen LogP contribution in [0.25, 0.3) is 34.0 Å². The Morgan fingerprint density at radius 3 is 1.74 bits per heavy atom. The number of aromatic nitrogens is 1. The van der Waals surface area contributed by atoms with Crippen LogP contribution in [-0.2, 0) is 0 Å². The molecule has 0 bridgehead atoms. The van der Waals surface area contributed by atoms with E-state index in [9.17, 15) is 0 Å². The predicted octanol–water partition coefficient (Wildman–Crippen LogP) is 6.11. The molecule has 4 aromatic rings. The Kier molecular flexibility index (Phi) is 4.79.